The molecule has 0 unspecified atom stereocenters. The Kier molecular flexibility index (Phi) is 3.76. The van der Waals surface area contributed by atoms with Crippen LogP contribution in [0.15, 0.2) is 18.2 Å². The molecule has 0 heterocycles. The van der Waals surface area contributed by atoms with Crippen molar-refractivity contribution in [3.8, 4) is 17.9 Å². The van der Waals surface area contributed by atoms with Gasteiger partial charge in [0.1, 0.15) is 17.7 Å². The topological polar surface area (TPSA) is 129 Å². The predicted molar refractivity (Wildman–Crippen MR) is 53.8 cm³/mol. The van der Waals surface area contributed by atoms with Crippen molar-refractivity contribution in [2.75, 3.05) is 0 Å². The zero-order valence-corrected chi connectivity index (χ0v) is 8.43. The quantitative estimate of drug-likeness (QED) is 0.164. The Morgan fingerprint density at radius 3 is 2.53 bits per heavy atom. The molecule has 1 rings (SSSR count). The Labute approximate surface area is 96.0 Å². The Morgan fingerprint density at radius 1 is 1.29 bits per heavy atom. The first-order valence-electron chi connectivity index (χ1n) is 4.30. The molecule has 1 amide bonds. The number of esters is 1. The van der Waals surface area contributed by atoms with Crippen LogP contribution in [0.1, 0.15) is 11.1 Å². The highest BCUT2D eigenvalue weighted by Gasteiger charge is 2.18. The third kappa shape index (κ3) is 2.56. The predicted octanol–water partition coefficient (Wildman–Crippen LogP) is -0.675. The average molecular weight is 230 g/mol. The number of amides is 1. The third-order valence-electron chi connectivity index (χ3n) is 1.78. The Hall–Kier alpha value is -2.90. The molecule has 3 N–H and O–H groups in total. The van der Waals surface area contributed by atoms with E-state index in [-0.39, 0.29) is 16.9 Å². The lowest BCUT2D eigenvalue weighted by Gasteiger charge is -2.05. The summed E-state index contributed by atoms with van der Waals surface area (Å²) in [5.74, 6) is 2.15. The maximum Gasteiger partial charge on any atom is 0.403 e. The van der Waals surface area contributed by atoms with Crippen molar-refractivity contribution in [3.63, 3.8) is 0 Å². The maximum atomic E-state index is 11.1. The van der Waals surface area contributed by atoms with Crippen molar-refractivity contribution >= 4 is 11.9 Å². The summed E-state index contributed by atoms with van der Waals surface area (Å²) in [5.41, 5.74) is 1.52. The lowest BCUT2D eigenvalue weighted by atomic mass is 10.1. The summed E-state index contributed by atoms with van der Waals surface area (Å²) in [7, 11) is 0. The number of carbonyl (C=O) groups is 2. The SMILES string of the molecule is N#Cc1cccc(OC(=O)C(=O)NN)c1C#N. The lowest BCUT2D eigenvalue weighted by Crippen LogP contribution is -2.38. The first kappa shape index (κ1) is 12.2. The summed E-state index contributed by atoms with van der Waals surface area (Å²) in [6.45, 7) is 0. The number of nitriles is 2. The molecule has 7 nitrogen and oxygen atoms in total. The van der Waals surface area contributed by atoms with Crippen LogP contribution in [0.2, 0.25) is 0 Å². The molecule has 0 spiro atoms. The summed E-state index contributed by atoms with van der Waals surface area (Å²) in [4.78, 5) is 21.9. The number of hydrazine groups is 1. The van der Waals surface area contributed by atoms with Gasteiger partial charge in [0, 0.05) is 0 Å². The minimum Gasteiger partial charge on any atom is -0.418 e. The van der Waals surface area contributed by atoms with Gasteiger partial charge < -0.3 is 4.74 Å². The summed E-state index contributed by atoms with van der Waals surface area (Å²) in [6.07, 6.45) is 0. The zero-order valence-electron chi connectivity index (χ0n) is 8.43. The first-order valence-corrected chi connectivity index (χ1v) is 4.30. The molecular formula is C10H6N4O3. The molecule has 0 fully saturated rings. The number of rotatable bonds is 1. The number of nitrogens with two attached hydrogens (primary N) is 1. The summed E-state index contributed by atoms with van der Waals surface area (Å²) >= 11 is 0. The van der Waals surface area contributed by atoms with E-state index in [1.165, 1.54) is 18.2 Å². The number of nitrogens with one attached hydrogen (secondary N) is 1. The number of ether oxygens (including phenoxy) is 1. The molecular weight excluding hydrogens is 224 g/mol. The van der Waals surface area contributed by atoms with E-state index in [1.54, 1.807) is 17.6 Å². The van der Waals surface area contributed by atoms with Crippen LogP contribution in [0.3, 0.4) is 0 Å². The van der Waals surface area contributed by atoms with Crippen LogP contribution < -0.4 is 16.0 Å². The van der Waals surface area contributed by atoms with Gasteiger partial charge in [0.15, 0.2) is 5.75 Å². The number of benzene rings is 1. The molecule has 0 radical (unpaired) electrons. The second-order valence-corrected chi connectivity index (χ2v) is 2.77. The molecule has 0 bridgehead atoms. The monoisotopic (exact) mass is 230 g/mol. The normalized spacial score (nSPS) is 8.65. The summed E-state index contributed by atoms with van der Waals surface area (Å²) < 4.78 is 4.63. The molecule has 7 heteroatoms. The van der Waals surface area contributed by atoms with Crippen molar-refractivity contribution in [1.29, 1.82) is 10.5 Å². The number of carbonyl (C=O) groups excluding carboxylic acids is 2. The van der Waals surface area contributed by atoms with E-state index >= 15 is 0 Å². The van der Waals surface area contributed by atoms with Crippen molar-refractivity contribution in [2.45, 2.75) is 0 Å². The molecule has 1 aromatic rings. The zero-order chi connectivity index (χ0) is 12.8. The standard InChI is InChI=1S/C10H6N4O3/c11-4-6-2-1-3-8(7(6)5-12)17-10(16)9(15)14-13/h1-3H,13H2,(H,14,15). The van der Waals surface area contributed by atoms with Gasteiger partial charge in [0.05, 0.1) is 5.56 Å². The van der Waals surface area contributed by atoms with Gasteiger partial charge in [0.25, 0.3) is 0 Å². The molecule has 0 atom stereocenters. The van der Waals surface area contributed by atoms with Crippen molar-refractivity contribution in [3.05, 3.63) is 29.3 Å². The molecule has 0 aliphatic rings. The van der Waals surface area contributed by atoms with Gasteiger partial charge in [-0.15, -0.1) is 0 Å². The fraction of sp³-hybridized carbons (Fsp3) is 0. The molecule has 84 valence electrons. The number of hydrogen-bond donors (Lipinski definition) is 2. The number of nitrogens with zero attached hydrogens (tertiary/aromatic N) is 2. The first-order chi connectivity index (χ1) is 8.13. The fourth-order valence-electron chi connectivity index (χ4n) is 1.03. The molecule has 0 saturated carbocycles. The van der Waals surface area contributed by atoms with E-state index in [4.69, 9.17) is 16.4 Å². The molecule has 17 heavy (non-hydrogen) atoms. The van der Waals surface area contributed by atoms with Crippen molar-refractivity contribution in [2.24, 2.45) is 5.84 Å². The van der Waals surface area contributed by atoms with E-state index in [0.717, 1.165) is 0 Å². The van der Waals surface area contributed by atoms with Crippen molar-refractivity contribution < 1.29 is 14.3 Å². The molecule has 0 aromatic heterocycles. The van der Waals surface area contributed by atoms with Gasteiger partial charge in [-0.1, -0.05) is 6.07 Å². The van der Waals surface area contributed by atoms with Crippen LogP contribution in [0.25, 0.3) is 0 Å². The second kappa shape index (κ2) is 5.26. The van der Waals surface area contributed by atoms with E-state index in [0.29, 0.717) is 0 Å². The molecule has 1 aromatic carbocycles. The van der Waals surface area contributed by atoms with E-state index in [9.17, 15) is 9.59 Å². The van der Waals surface area contributed by atoms with E-state index < -0.39 is 11.9 Å². The van der Waals surface area contributed by atoms with Crippen LogP contribution >= 0.6 is 0 Å². The molecule has 0 aliphatic carbocycles. The highest BCUT2D eigenvalue weighted by atomic mass is 16.5. The van der Waals surface area contributed by atoms with Gasteiger partial charge in [0.2, 0.25) is 0 Å². The Morgan fingerprint density at radius 2 is 2.00 bits per heavy atom. The Bertz CT molecular complexity index is 554. The highest BCUT2D eigenvalue weighted by molar-refractivity contribution is 6.32. The van der Waals surface area contributed by atoms with E-state index in [2.05, 4.69) is 4.74 Å². The van der Waals surface area contributed by atoms with Gasteiger partial charge in [-0.05, 0) is 12.1 Å². The molecule has 0 saturated heterocycles. The highest BCUT2D eigenvalue weighted by Crippen LogP contribution is 2.21. The van der Waals surface area contributed by atoms with Gasteiger partial charge in [-0.25, -0.2) is 10.6 Å². The Balaban J connectivity index is 3.09. The maximum absolute atomic E-state index is 11.1. The van der Waals surface area contributed by atoms with Gasteiger partial charge in [-0.2, -0.15) is 10.5 Å². The average Bonchev–Trinajstić information content (AvgIpc) is 2.37. The van der Waals surface area contributed by atoms with Crippen LogP contribution in [0, 0.1) is 22.7 Å². The van der Waals surface area contributed by atoms with Gasteiger partial charge >= 0.3 is 11.9 Å². The largest absolute Gasteiger partial charge is 0.418 e. The van der Waals surface area contributed by atoms with Crippen LogP contribution in [0.5, 0.6) is 5.75 Å². The summed E-state index contributed by atoms with van der Waals surface area (Å²) in [6, 6.07) is 7.58. The van der Waals surface area contributed by atoms with Crippen molar-refractivity contribution in [1.82, 2.24) is 5.43 Å². The van der Waals surface area contributed by atoms with Gasteiger partial charge in [-0.3, -0.25) is 10.2 Å². The van der Waals surface area contributed by atoms with E-state index in [1.807, 2.05) is 0 Å². The fourth-order valence-corrected chi connectivity index (χ4v) is 1.03. The van der Waals surface area contributed by atoms with Crippen LogP contribution in [-0.4, -0.2) is 11.9 Å². The minimum absolute atomic E-state index is 0.0472. The van der Waals surface area contributed by atoms with Crippen LogP contribution in [0.4, 0.5) is 0 Å². The number of hydrogen-bond acceptors (Lipinski definition) is 6. The smallest absolute Gasteiger partial charge is 0.403 e. The summed E-state index contributed by atoms with van der Waals surface area (Å²) in [5, 5.41) is 17.5. The lowest BCUT2D eigenvalue weighted by molar-refractivity contribution is -0.148. The molecule has 0 aliphatic heterocycles. The second-order valence-electron chi connectivity index (χ2n) is 2.77. The third-order valence-corrected chi connectivity index (χ3v) is 1.78. The minimum atomic E-state index is -1.26. The van der Waals surface area contributed by atoms with Crippen LogP contribution in [-0.2, 0) is 9.59 Å².